The summed E-state index contributed by atoms with van der Waals surface area (Å²) in [6.45, 7) is 2.09. The monoisotopic (exact) mass is 351 g/mol. The minimum absolute atomic E-state index is 0.221. The molecule has 0 amide bonds. The fourth-order valence-corrected chi connectivity index (χ4v) is 2.12. The van der Waals surface area contributed by atoms with Gasteiger partial charge in [-0.15, -0.1) is 0 Å². The van der Waals surface area contributed by atoms with Crippen LogP contribution in [0.1, 0.15) is 17.3 Å². The van der Waals surface area contributed by atoms with Crippen LogP contribution in [-0.2, 0) is 4.74 Å². The van der Waals surface area contributed by atoms with Gasteiger partial charge in [-0.05, 0) is 43.3 Å². The lowest BCUT2D eigenvalue weighted by molar-refractivity contribution is 0.0526. The first-order valence-corrected chi connectivity index (χ1v) is 7.90. The lowest BCUT2D eigenvalue weighted by Gasteiger charge is -2.12. The van der Waals surface area contributed by atoms with Crippen molar-refractivity contribution in [3.8, 4) is 11.6 Å². The van der Waals surface area contributed by atoms with E-state index in [9.17, 15) is 4.79 Å². The lowest BCUT2D eigenvalue weighted by Crippen LogP contribution is -2.05. The van der Waals surface area contributed by atoms with Crippen molar-refractivity contribution in [1.82, 2.24) is 15.0 Å². The summed E-state index contributed by atoms with van der Waals surface area (Å²) in [5.41, 5.74) is 7.52. The summed E-state index contributed by atoms with van der Waals surface area (Å²) < 4.78 is 10.6. The van der Waals surface area contributed by atoms with Crippen LogP contribution in [0.5, 0.6) is 11.6 Å². The lowest BCUT2D eigenvalue weighted by atomic mass is 10.2. The number of hydrogen-bond acceptors (Lipinski definition) is 8. The summed E-state index contributed by atoms with van der Waals surface area (Å²) in [7, 11) is 0. The summed E-state index contributed by atoms with van der Waals surface area (Å²) in [5.74, 6) is 0.761. The Hall–Kier alpha value is -3.68. The Balaban J connectivity index is 1.76. The van der Waals surface area contributed by atoms with Gasteiger partial charge < -0.3 is 20.5 Å². The largest absolute Gasteiger partial charge is 0.462 e. The van der Waals surface area contributed by atoms with Gasteiger partial charge in [0.1, 0.15) is 17.8 Å². The average Bonchev–Trinajstić information content (AvgIpc) is 2.66. The van der Waals surface area contributed by atoms with Gasteiger partial charge in [0.15, 0.2) is 5.82 Å². The highest BCUT2D eigenvalue weighted by Gasteiger charge is 2.11. The van der Waals surface area contributed by atoms with Gasteiger partial charge in [0.05, 0.1) is 18.4 Å². The Morgan fingerprint density at radius 1 is 1.19 bits per heavy atom. The molecule has 0 saturated heterocycles. The van der Waals surface area contributed by atoms with E-state index in [1.54, 1.807) is 55.7 Å². The zero-order chi connectivity index (χ0) is 18.4. The summed E-state index contributed by atoms with van der Waals surface area (Å²) in [4.78, 5) is 23.8. The molecule has 3 aromatic rings. The smallest absolute Gasteiger partial charge is 0.338 e. The Morgan fingerprint density at radius 2 is 2.00 bits per heavy atom. The van der Waals surface area contributed by atoms with E-state index in [1.807, 2.05) is 0 Å². The maximum absolute atomic E-state index is 11.7. The van der Waals surface area contributed by atoms with E-state index in [-0.39, 0.29) is 17.5 Å². The van der Waals surface area contributed by atoms with Crippen LogP contribution in [-0.4, -0.2) is 27.5 Å². The minimum atomic E-state index is -0.368. The van der Waals surface area contributed by atoms with E-state index in [2.05, 4.69) is 20.3 Å². The molecule has 8 nitrogen and oxygen atoms in total. The summed E-state index contributed by atoms with van der Waals surface area (Å²) in [6.07, 6.45) is 4.54. The molecule has 2 aromatic heterocycles. The molecular formula is C18H17N5O3. The molecule has 3 rings (SSSR count). The first-order chi connectivity index (χ1) is 12.7. The van der Waals surface area contributed by atoms with Gasteiger partial charge in [-0.3, -0.25) is 4.98 Å². The maximum Gasteiger partial charge on any atom is 0.338 e. The quantitative estimate of drug-likeness (QED) is 0.651. The van der Waals surface area contributed by atoms with Crippen molar-refractivity contribution in [2.24, 2.45) is 0 Å². The van der Waals surface area contributed by atoms with Crippen LogP contribution in [0.3, 0.4) is 0 Å². The number of carbonyl (C=O) groups is 1. The van der Waals surface area contributed by atoms with Crippen molar-refractivity contribution in [2.75, 3.05) is 17.7 Å². The van der Waals surface area contributed by atoms with Gasteiger partial charge in [-0.1, -0.05) is 0 Å². The predicted molar refractivity (Wildman–Crippen MR) is 96.4 cm³/mol. The molecule has 0 bridgehead atoms. The van der Waals surface area contributed by atoms with E-state index in [1.165, 1.54) is 6.33 Å². The number of esters is 1. The molecule has 132 valence electrons. The zero-order valence-electron chi connectivity index (χ0n) is 14.0. The topological polar surface area (TPSA) is 112 Å². The number of carbonyl (C=O) groups excluding carboxylic acids is 1. The van der Waals surface area contributed by atoms with Gasteiger partial charge in [0, 0.05) is 11.9 Å². The average molecular weight is 351 g/mol. The number of hydrogen-bond donors (Lipinski definition) is 2. The van der Waals surface area contributed by atoms with Gasteiger partial charge in [0.2, 0.25) is 5.88 Å². The van der Waals surface area contributed by atoms with Crippen LogP contribution in [0.2, 0.25) is 0 Å². The molecule has 1 aromatic carbocycles. The van der Waals surface area contributed by atoms with Crippen LogP contribution < -0.4 is 15.8 Å². The highest BCUT2D eigenvalue weighted by atomic mass is 16.5. The second kappa shape index (κ2) is 7.93. The van der Waals surface area contributed by atoms with Crippen molar-refractivity contribution < 1.29 is 14.3 Å². The predicted octanol–water partition coefficient (Wildman–Crippen LogP) is 3.17. The summed E-state index contributed by atoms with van der Waals surface area (Å²) in [5, 5.41) is 3.07. The maximum atomic E-state index is 11.7. The Kier molecular flexibility index (Phi) is 5.23. The van der Waals surface area contributed by atoms with Gasteiger partial charge in [-0.2, -0.15) is 4.98 Å². The number of pyridine rings is 1. The summed E-state index contributed by atoms with van der Waals surface area (Å²) in [6, 6.07) is 10.3. The highest BCUT2D eigenvalue weighted by Crippen LogP contribution is 2.30. The number of aromatic nitrogens is 3. The molecule has 0 spiro atoms. The molecular weight excluding hydrogens is 334 g/mol. The van der Waals surface area contributed by atoms with Gasteiger partial charge in [0.25, 0.3) is 0 Å². The standard InChI is InChI=1S/C18H17N5O3/c1-2-25-18(24)12-5-7-13(8-6-12)23-16-15(19)17(22-11-21-16)26-14-4-3-9-20-10-14/h3-11H,2,19H2,1H3,(H,21,22,23). The number of anilines is 3. The van der Waals surface area contributed by atoms with E-state index in [4.69, 9.17) is 15.2 Å². The molecule has 0 aliphatic carbocycles. The van der Waals surface area contributed by atoms with Crippen LogP contribution in [0.4, 0.5) is 17.2 Å². The number of nitrogens with zero attached hydrogens (tertiary/aromatic N) is 3. The molecule has 8 heteroatoms. The molecule has 0 aliphatic rings. The number of nitrogen functional groups attached to an aromatic ring is 1. The third-order valence-electron chi connectivity index (χ3n) is 3.36. The normalized spacial score (nSPS) is 10.2. The minimum Gasteiger partial charge on any atom is -0.462 e. The summed E-state index contributed by atoms with van der Waals surface area (Å²) >= 11 is 0. The van der Waals surface area contributed by atoms with Gasteiger partial charge >= 0.3 is 5.97 Å². The Bertz CT molecular complexity index is 885. The SMILES string of the molecule is CCOC(=O)c1ccc(Nc2ncnc(Oc3cccnc3)c2N)cc1. The van der Waals surface area contributed by atoms with Crippen molar-refractivity contribution >= 4 is 23.2 Å². The first kappa shape index (κ1) is 17.2. The molecule has 3 N–H and O–H groups in total. The van der Waals surface area contributed by atoms with Crippen LogP contribution >= 0.6 is 0 Å². The van der Waals surface area contributed by atoms with Crippen LogP contribution in [0, 0.1) is 0 Å². The Labute approximate surface area is 150 Å². The zero-order valence-corrected chi connectivity index (χ0v) is 14.0. The van der Waals surface area contributed by atoms with E-state index >= 15 is 0 Å². The molecule has 0 aliphatic heterocycles. The second-order valence-corrected chi connectivity index (χ2v) is 5.15. The fourth-order valence-electron chi connectivity index (χ4n) is 2.12. The number of nitrogens with one attached hydrogen (secondary N) is 1. The van der Waals surface area contributed by atoms with E-state index in [0.717, 1.165) is 0 Å². The third-order valence-corrected chi connectivity index (χ3v) is 3.36. The highest BCUT2D eigenvalue weighted by molar-refractivity contribution is 5.90. The Morgan fingerprint density at radius 3 is 2.69 bits per heavy atom. The number of nitrogens with two attached hydrogens (primary N) is 1. The number of benzene rings is 1. The molecule has 0 unspecified atom stereocenters. The molecule has 0 fully saturated rings. The van der Waals surface area contributed by atoms with Crippen LogP contribution in [0.25, 0.3) is 0 Å². The molecule has 26 heavy (non-hydrogen) atoms. The van der Waals surface area contributed by atoms with Crippen molar-refractivity contribution in [1.29, 1.82) is 0 Å². The fraction of sp³-hybridized carbons (Fsp3) is 0.111. The molecule has 2 heterocycles. The van der Waals surface area contributed by atoms with Crippen molar-refractivity contribution in [2.45, 2.75) is 6.92 Å². The molecule has 0 atom stereocenters. The molecule has 0 saturated carbocycles. The van der Waals surface area contributed by atoms with Crippen LogP contribution in [0.15, 0.2) is 55.1 Å². The number of rotatable bonds is 6. The number of ether oxygens (including phenoxy) is 2. The third kappa shape index (κ3) is 4.04. The van der Waals surface area contributed by atoms with E-state index < -0.39 is 0 Å². The van der Waals surface area contributed by atoms with Crippen molar-refractivity contribution in [3.63, 3.8) is 0 Å². The van der Waals surface area contributed by atoms with Gasteiger partial charge in [-0.25, -0.2) is 9.78 Å². The van der Waals surface area contributed by atoms with E-state index in [0.29, 0.717) is 29.4 Å². The van der Waals surface area contributed by atoms with Crippen molar-refractivity contribution in [3.05, 3.63) is 60.7 Å². The first-order valence-electron chi connectivity index (χ1n) is 7.90. The second-order valence-electron chi connectivity index (χ2n) is 5.15. The molecule has 0 radical (unpaired) electrons.